The number of rotatable bonds is 3. The fourth-order valence-electron chi connectivity index (χ4n) is 2.63. The summed E-state index contributed by atoms with van der Waals surface area (Å²) in [5.41, 5.74) is 1.33. The van der Waals surface area contributed by atoms with Crippen molar-refractivity contribution in [1.29, 1.82) is 0 Å². The molecule has 0 atom stereocenters. The molecule has 0 aromatic heterocycles. The molecule has 3 nitrogen and oxygen atoms in total. The number of hydrogen-bond donors (Lipinski definition) is 1. The van der Waals surface area contributed by atoms with E-state index in [0.29, 0.717) is 14.8 Å². The van der Waals surface area contributed by atoms with Gasteiger partial charge in [-0.25, -0.2) is 13.1 Å². The largest absolute Gasteiger partial charge is 0.241 e. The van der Waals surface area contributed by atoms with Crippen LogP contribution < -0.4 is 4.72 Å². The Kier molecular flexibility index (Phi) is 5.23. The summed E-state index contributed by atoms with van der Waals surface area (Å²) in [6.45, 7) is 6.42. The molecular formula is C15H21Br2NO2S. The Labute approximate surface area is 144 Å². The molecule has 21 heavy (non-hydrogen) atoms. The lowest BCUT2D eigenvalue weighted by Crippen LogP contribution is -2.39. The molecule has 6 heteroatoms. The molecule has 1 aliphatic carbocycles. The Morgan fingerprint density at radius 2 is 1.71 bits per heavy atom. The van der Waals surface area contributed by atoms with Gasteiger partial charge in [-0.05, 0) is 71.6 Å². The van der Waals surface area contributed by atoms with Crippen LogP contribution in [0.15, 0.2) is 26.0 Å². The normalized spacial score (nSPS) is 19.7. The smallest absolute Gasteiger partial charge is 0.208 e. The van der Waals surface area contributed by atoms with Gasteiger partial charge in [0.25, 0.3) is 0 Å². The molecule has 1 aliphatic rings. The first-order chi connectivity index (χ1) is 9.61. The van der Waals surface area contributed by atoms with Crippen LogP contribution in [0.1, 0.15) is 45.1 Å². The standard InChI is InChI=1S/C15H21Br2NO2S/c1-10-8-13(17)14(9-12(10)16)21(19,20)18-11-4-6-15(2,3)7-5-11/h8-9,11,18H,4-7H2,1-3H3. The average Bonchev–Trinajstić information content (AvgIpc) is 2.36. The van der Waals surface area contributed by atoms with Crippen molar-refractivity contribution < 1.29 is 8.42 Å². The fraction of sp³-hybridized carbons (Fsp3) is 0.600. The molecule has 0 saturated heterocycles. The zero-order valence-electron chi connectivity index (χ0n) is 12.5. The highest BCUT2D eigenvalue weighted by atomic mass is 79.9. The van der Waals surface area contributed by atoms with E-state index < -0.39 is 10.0 Å². The lowest BCUT2D eigenvalue weighted by atomic mass is 9.76. The predicted octanol–water partition coefficient (Wildman–Crippen LogP) is 4.77. The highest BCUT2D eigenvalue weighted by molar-refractivity contribution is 9.11. The highest BCUT2D eigenvalue weighted by Gasteiger charge is 2.30. The second-order valence-corrected chi connectivity index (χ2v) is 9.98. The van der Waals surface area contributed by atoms with Crippen LogP contribution in [0.25, 0.3) is 0 Å². The van der Waals surface area contributed by atoms with Gasteiger partial charge >= 0.3 is 0 Å². The summed E-state index contributed by atoms with van der Waals surface area (Å²) in [6, 6.07) is 3.52. The third-order valence-electron chi connectivity index (χ3n) is 4.16. The molecule has 0 radical (unpaired) electrons. The quantitative estimate of drug-likeness (QED) is 0.738. The van der Waals surface area contributed by atoms with Crippen LogP contribution in [0.2, 0.25) is 0 Å². The van der Waals surface area contributed by atoms with Gasteiger partial charge in [0, 0.05) is 15.0 Å². The van der Waals surface area contributed by atoms with Crippen molar-refractivity contribution in [2.24, 2.45) is 5.41 Å². The van der Waals surface area contributed by atoms with Crippen molar-refractivity contribution in [3.05, 3.63) is 26.6 Å². The van der Waals surface area contributed by atoms with E-state index in [2.05, 4.69) is 50.4 Å². The molecule has 1 aromatic rings. The zero-order chi connectivity index (χ0) is 15.8. The average molecular weight is 439 g/mol. The monoisotopic (exact) mass is 437 g/mol. The number of sulfonamides is 1. The maximum absolute atomic E-state index is 12.6. The molecule has 1 N–H and O–H groups in total. The number of halogens is 2. The van der Waals surface area contributed by atoms with Crippen LogP contribution in [0, 0.1) is 12.3 Å². The molecule has 2 rings (SSSR count). The summed E-state index contributed by atoms with van der Waals surface area (Å²) >= 11 is 6.76. The van der Waals surface area contributed by atoms with E-state index in [1.54, 1.807) is 6.07 Å². The topological polar surface area (TPSA) is 46.2 Å². The van der Waals surface area contributed by atoms with Gasteiger partial charge in [0.1, 0.15) is 0 Å². The second-order valence-electron chi connectivity index (χ2n) is 6.59. The first-order valence-electron chi connectivity index (χ1n) is 7.09. The minimum atomic E-state index is -3.49. The Morgan fingerprint density at radius 3 is 2.29 bits per heavy atom. The number of benzene rings is 1. The summed E-state index contributed by atoms with van der Waals surface area (Å²) < 4.78 is 29.4. The zero-order valence-corrected chi connectivity index (χ0v) is 16.5. The summed E-state index contributed by atoms with van der Waals surface area (Å²) in [4.78, 5) is 0.296. The lowest BCUT2D eigenvalue weighted by molar-refractivity contribution is 0.218. The van der Waals surface area contributed by atoms with Crippen LogP contribution >= 0.6 is 31.9 Å². The number of nitrogens with one attached hydrogen (secondary N) is 1. The minimum absolute atomic E-state index is 0.0370. The van der Waals surface area contributed by atoms with Gasteiger partial charge in [0.15, 0.2) is 0 Å². The molecule has 118 valence electrons. The van der Waals surface area contributed by atoms with Crippen molar-refractivity contribution in [2.45, 2.75) is 57.4 Å². The molecule has 0 heterocycles. The predicted molar refractivity (Wildman–Crippen MR) is 92.9 cm³/mol. The minimum Gasteiger partial charge on any atom is -0.208 e. The lowest BCUT2D eigenvalue weighted by Gasteiger charge is -2.34. The third-order valence-corrected chi connectivity index (χ3v) is 7.50. The summed E-state index contributed by atoms with van der Waals surface area (Å²) in [7, 11) is -3.49. The van der Waals surface area contributed by atoms with Gasteiger partial charge in [0.05, 0.1) is 4.90 Å². The third kappa shape index (κ3) is 4.30. The van der Waals surface area contributed by atoms with Crippen LogP contribution in [-0.2, 0) is 10.0 Å². The highest BCUT2D eigenvalue weighted by Crippen LogP contribution is 2.36. The van der Waals surface area contributed by atoms with Gasteiger partial charge in [-0.2, -0.15) is 0 Å². The Morgan fingerprint density at radius 1 is 1.14 bits per heavy atom. The first kappa shape index (κ1) is 17.4. The molecule has 0 amide bonds. The van der Waals surface area contributed by atoms with Crippen molar-refractivity contribution in [3.63, 3.8) is 0 Å². The summed E-state index contributed by atoms with van der Waals surface area (Å²) in [6.07, 6.45) is 3.91. The SMILES string of the molecule is Cc1cc(Br)c(S(=O)(=O)NC2CCC(C)(C)CC2)cc1Br. The van der Waals surface area contributed by atoms with Gasteiger partial charge in [0.2, 0.25) is 10.0 Å². The van der Waals surface area contributed by atoms with E-state index >= 15 is 0 Å². The fourth-order valence-corrected chi connectivity index (χ4v) is 5.62. The van der Waals surface area contributed by atoms with Gasteiger partial charge in [-0.3, -0.25) is 0 Å². The van der Waals surface area contributed by atoms with E-state index in [4.69, 9.17) is 0 Å². The van der Waals surface area contributed by atoms with Gasteiger partial charge < -0.3 is 0 Å². The van der Waals surface area contributed by atoms with Crippen LogP contribution in [-0.4, -0.2) is 14.5 Å². The summed E-state index contributed by atoms with van der Waals surface area (Å²) in [5, 5.41) is 0. The molecule has 1 aromatic carbocycles. The molecule has 0 unspecified atom stereocenters. The maximum atomic E-state index is 12.6. The Hall–Kier alpha value is 0.0900. The van der Waals surface area contributed by atoms with E-state index in [1.165, 1.54) is 0 Å². The second kappa shape index (κ2) is 6.30. The molecule has 1 fully saturated rings. The van der Waals surface area contributed by atoms with Gasteiger partial charge in [-0.15, -0.1) is 0 Å². The number of hydrogen-bond acceptors (Lipinski definition) is 2. The maximum Gasteiger partial charge on any atom is 0.241 e. The van der Waals surface area contributed by atoms with Crippen molar-refractivity contribution in [2.75, 3.05) is 0 Å². The molecule has 0 spiro atoms. The van der Waals surface area contributed by atoms with Crippen LogP contribution in [0.3, 0.4) is 0 Å². The Balaban J connectivity index is 2.18. The first-order valence-corrected chi connectivity index (χ1v) is 10.2. The molecular weight excluding hydrogens is 418 g/mol. The Bertz CT molecular complexity index is 631. The summed E-state index contributed by atoms with van der Waals surface area (Å²) in [5.74, 6) is 0. The van der Waals surface area contributed by atoms with Crippen molar-refractivity contribution >= 4 is 41.9 Å². The molecule has 0 bridgehead atoms. The van der Waals surface area contributed by atoms with Gasteiger partial charge in [-0.1, -0.05) is 29.8 Å². The van der Waals surface area contributed by atoms with Crippen LogP contribution in [0.4, 0.5) is 0 Å². The molecule has 0 aliphatic heterocycles. The van der Waals surface area contributed by atoms with Crippen molar-refractivity contribution in [1.82, 2.24) is 4.72 Å². The van der Waals surface area contributed by atoms with E-state index in [9.17, 15) is 8.42 Å². The van der Waals surface area contributed by atoms with E-state index in [0.717, 1.165) is 35.7 Å². The van der Waals surface area contributed by atoms with E-state index in [1.807, 2.05) is 13.0 Å². The van der Waals surface area contributed by atoms with Crippen molar-refractivity contribution in [3.8, 4) is 0 Å². The molecule has 1 saturated carbocycles. The van der Waals surface area contributed by atoms with Crippen LogP contribution in [0.5, 0.6) is 0 Å². The van der Waals surface area contributed by atoms with E-state index in [-0.39, 0.29) is 6.04 Å². The number of aryl methyl sites for hydroxylation is 1.